The van der Waals surface area contributed by atoms with Gasteiger partial charge in [0.05, 0.1) is 35.0 Å². The van der Waals surface area contributed by atoms with Gasteiger partial charge in [0.15, 0.2) is 0 Å². The van der Waals surface area contributed by atoms with Crippen molar-refractivity contribution in [2.24, 2.45) is 0 Å². The Balaban J connectivity index is 1.28. The van der Waals surface area contributed by atoms with Crippen molar-refractivity contribution in [1.29, 1.82) is 0 Å². The monoisotopic (exact) mass is 705 g/mol. The number of aromatic nitrogens is 5. The number of benzene rings is 2. The first-order chi connectivity index (χ1) is 24.5. The van der Waals surface area contributed by atoms with Crippen LogP contribution in [0.3, 0.4) is 0 Å². The van der Waals surface area contributed by atoms with E-state index in [1.54, 1.807) is 23.4 Å². The molecule has 0 atom stereocenters. The molecular formula is C37H35N7O4S2. The molecule has 2 aliphatic rings. The molecule has 0 N–H and O–H groups in total. The SMILES string of the molecule is COc1ccc(-n2c(N3CCCCC3)nc3c(sc4cc5sc6c(=O)n(-c7ccc(OC)cc7)c(N7CCCCC7)nc6c5nc43)c2=O)cc1. The highest BCUT2D eigenvalue weighted by Gasteiger charge is 2.26. The topological polar surface area (TPSA) is 108 Å². The van der Waals surface area contributed by atoms with Crippen LogP contribution in [0.25, 0.3) is 52.2 Å². The molecule has 7 heterocycles. The summed E-state index contributed by atoms with van der Waals surface area (Å²) in [4.78, 5) is 48.9. The predicted octanol–water partition coefficient (Wildman–Crippen LogP) is 6.91. The van der Waals surface area contributed by atoms with Crippen LogP contribution in [0.5, 0.6) is 11.5 Å². The lowest BCUT2D eigenvalue weighted by molar-refractivity contribution is 0.414. The third kappa shape index (κ3) is 5.01. The van der Waals surface area contributed by atoms with Crippen molar-refractivity contribution in [2.45, 2.75) is 38.5 Å². The number of methoxy groups -OCH3 is 2. The van der Waals surface area contributed by atoms with E-state index in [1.807, 2.05) is 54.6 Å². The Bertz CT molecular complexity index is 2350. The van der Waals surface area contributed by atoms with Gasteiger partial charge in [0.2, 0.25) is 11.9 Å². The molecule has 5 aromatic heterocycles. The number of nitrogens with zero attached hydrogens (tertiary/aromatic N) is 7. The molecule has 2 fully saturated rings. The minimum absolute atomic E-state index is 0.121. The van der Waals surface area contributed by atoms with E-state index in [9.17, 15) is 9.59 Å². The number of ether oxygens (including phenoxy) is 2. The zero-order valence-corrected chi connectivity index (χ0v) is 29.5. The number of piperidine rings is 2. The van der Waals surface area contributed by atoms with Crippen molar-refractivity contribution in [3.05, 3.63) is 75.3 Å². The third-order valence-corrected chi connectivity index (χ3v) is 12.0. The molecule has 2 aliphatic heterocycles. The van der Waals surface area contributed by atoms with Gasteiger partial charge in [-0.1, -0.05) is 0 Å². The van der Waals surface area contributed by atoms with Gasteiger partial charge in [-0.2, -0.15) is 0 Å². The maximum atomic E-state index is 14.4. The predicted molar refractivity (Wildman–Crippen MR) is 202 cm³/mol. The Morgan fingerprint density at radius 1 is 0.540 bits per heavy atom. The Morgan fingerprint density at radius 3 is 1.32 bits per heavy atom. The zero-order valence-electron chi connectivity index (χ0n) is 27.8. The van der Waals surface area contributed by atoms with E-state index in [-0.39, 0.29) is 11.1 Å². The number of pyridine rings is 1. The Hall–Kier alpha value is -5.01. The van der Waals surface area contributed by atoms with Crippen LogP contribution in [-0.4, -0.2) is 64.5 Å². The van der Waals surface area contributed by atoms with Gasteiger partial charge in [0.1, 0.15) is 43.0 Å². The molecule has 11 nitrogen and oxygen atoms in total. The van der Waals surface area contributed by atoms with Gasteiger partial charge < -0.3 is 19.3 Å². The van der Waals surface area contributed by atoms with E-state index in [0.717, 1.165) is 97.0 Å². The second-order valence-corrected chi connectivity index (χ2v) is 14.9. The molecule has 50 heavy (non-hydrogen) atoms. The normalized spacial score (nSPS) is 15.5. The fourth-order valence-electron chi connectivity index (χ4n) is 7.23. The third-order valence-electron chi connectivity index (χ3n) is 9.81. The second kappa shape index (κ2) is 12.4. The minimum Gasteiger partial charge on any atom is -0.497 e. The molecule has 9 rings (SSSR count). The van der Waals surface area contributed by atoms with Gasteiger partial charge in [-0.05, 0) is 93.1 Å². The first-order valence-corrected chi connectivity index (χ1v) is 18.7. The summed E-state index contributed by atoms with van der Waals surface area (Å²) < 4.78 is 17.0. The van der Waals surface area contributed by atoms with Gasteiger partial charge in [-0.3, -0.25) is 9.59 Å². The van der Waals surface area contributed by atoms with E-state index in [2.05, 4.69) is 9.80 Å². The quantitative estimate of drug-likeness (QED) is 0.183. The molecule has 13 heteroatoms. The summed E-state index contributed by atoms with van der Waals surface area (Å²) in [7, 11) is 3.26. The van der Waals surface area contributed by atoms with Crippen LogP contribution in [0, 0.1) is 0 Å². The highest BCUT2D eigenvalue weighted by Crippen LogP contribution is 2.39. The summed E-state index contributed by atoms with van der Waals surface area (Å²) in [6, 6.07) is 17.1. The smallest absolute Gasteiger partial charge is 0.277 e. The summed E-state index contributed by atoms with van der Waals surface area (Å²) in [5, 5.41) is 0. The minimum atomic E-state index is -0.121. The molecule has 0 unspecified atom stereocenters. The molecular weight excluding hydrogens is 671 g/mol. The lowest BCUT2D eigenvalue weighted by Crippen LogP contribution is -2.35. The molecule has 0 bridgehead atoms. The summed E-state index contributed by atoms with van der Waals surface area (Å²) in [6.07, 6.45) is 6.48. The van der Waals surface area contributed by atoms with Crippen LogP contribution >= 0.6 is 22.7 Å². The zero-order chi connectivity index (χ0) is 33.9. The lowest BCUT2D eigenvalue weighted by atomic mass is 10.1. The Kier molecular flexibility index (Phi) is 7.69. The fraction of sp³-hybridized carbons (Fsp3) is 0.324. The van der Waals surface area contributed by atoms with Crippen LogP contribution in [0.15, 0.2) is 64.2 Å². The Morgan fingerprint density at radius 2 is 0.940 bits per heavy atom. The first-order valence-electron chi connectivity index (χ1n) is 17.1. The highest BCUT2D eigenvalue weighted by molar-refractivity contribution is 7.27. The van der Waals surface area contributed by atoms with Crippen LogP contribution in [0.1, 0.15) is 38.5 Å². The Labute approximate surface area is 295 Å². The van der Waals surface area contributed by atoms with E-state index < -0.39 is 0 Å². The fourth-order valence-corrected chi connectivity index (χ4v) is 9.41. The van der Waals surface area contributed by atoms with Crippen molar-refractivity contribution < 1.29 is 9.47 Å². The van der Waals surface area contributed by atoms with Gasteiger partial charge in [-0.25, -0.2) is 24.1 Å². The molecule has 0 amide bonds. The number of hydrogen-bond donors (Lipinski definition) is 0. The van der Waals surface area contributed by atoms with Gasteiger partial charge >= 0.3 is 0 Å². The van der Waals surface area contributed by atoms with Crippen LogP contribution in [-0.2, 0) is 0 Å². The molecule has 0 spiro atoms. The average molecular weight is 706 g/mol. The van der Waals surface area contributed by atoms with E-state index >= 15 is 0 Å². The van der Waals surface area contributed by atoms with Gasteiger partial charge in [0, 0.05) is 26.2 Å². The summed E-state index contributed by atoms with van der Waals surface area (Å²) in [5.41, 5.74) is 3.74. The van der Waals surface area contributed by atoms with Crippen molar-refractivity contribution in [3.8, 4) is 22.9 Å². The second-order valence-electron chi connectivity index (χ2n) is 12.8. The largest absolute Gasteiger partial charge is 0.497 e. The molecule has 0 radical (unpaired) electrons. The van der Waals surface area contributed by atoms with Crippen molar-refractivity contribution >= 4 is 75.4 Å². The van der Waals surface area contributed by atoms with Crippen LogP contribution in [0.2, 0.25) is 0 Å². The van der Waals surface area contributed by atoms with E-state index in [4.69, 9.17) is 24.4 Å². The van der Waals surface area contributed by atoms with Crippen LogP contribution in [0.4, 0.5) is 11.9 Å². The maximum absolute atomic E-state index is 14.4. The summed E-state index contributed by atoms with van der Waals surface area (Å²) in [5.74, 6) is 2.69. The maximum Gasteiger partial charge on any atom is 0.277 e. The number of fused-ring (bicyclic) bond motifs is 6. The number of anilines is 2. The summed E-state index contributed by atoms with van der Waals surface area (Å²) in [6.45, 7) is 3.30. The average Bonchev–Trinajstić information content (AvgIpc) is 3.72. The number of rotatable bonds is 6. The molecule has 7 aromatic rings. The summed E-state index contributed by atoms with van der Waals surface area (Å²) >= 11 is 2.80. The first kappa shape index (κ1) is 31.0. The van der Waals surface area contributed by atoms with Crippen LogP contribution < -0.4 is 30.4 Å². The van der Waals surface area contributed by atoms with E-state index in [0.29, 0.717) is 43.4 Å². The number of hydrogen-bond acceptors (Lipinski definition) is 11. The van der Waals surface area contributed by atoms with Crippen molar-refractivity contribution in [2.75, 3.05) is 50.2 Å². The van der Waals surface area contributed by atoms with Crippen molar-refractivity contribution in [3.63, 3.8) is 0 Å². The van der Waals surface area contributed by atoms with Crippen molar-refractivity contribution in [1.82, 2.24) is 24.1 Å². The standard InChI is InChI=1S/C37H35N7O4S2/c1-47-24-13-9-22(10-14-24)43-34(45)32-30(39-36(43)41-17-5-3-6-18-41)28-26(49-32)21-27-29(38-28)31-33(50-27)35(46)44(23-11-15-25(48-2)16-12-23)37(40-31)42-19-7-4-8-20-42/h9-16,21H,3-8,17-20H2,1-2H3. The number of thiophene rings is 2. The van der Waals surface area contributed by atoms with E-state index in [1.165, 1.54) is 22.7 Å². The van der Waals surface area contributed by atoms with Gasteiger partial charge in [-0.15, -0.1) is 22.7 Å². The molecule has 0 aliphatic carbocycles. The van der Waals surface area contributed by atoms with Gasteiger partial charge in [0.25, 0.3) is 11.1 Å². The molecule has 2 aromatic carbocycles. The lowest BCUT2D eigenvalue weighted by Gasteiger charge is -2.29. The molecule has 254 valence electrons. The molecule has 2 saturated heterocycles. The highest BCUT2D eigenvalue weighted by atomic mass is 32.1. The molecule has 0 saturated carbocycles.